The summed E-state index contributed by atoms with van der Waals surface area (Å²) in [6.07, 6.45) is 1.89. The summed E-state index contributed by atoms with van der Waals surface area (Å²) in [6.45, 7) is 3.97. The van der Waals surface area contributed by atoms with Crippen molar-refractivity contribution >= 4 is 11.6 Å². The van der Waals surface area contributed by atoms with Gasteiger partial charge in [-0.05, 0) is 36.6 Å². The summed E-state index contributed by atoms with van der Waals surface area (Å²) < 4.78 is 0. The Morgan fingerprint density at radius 1 is 1.41 bits per heavy atom. The molecule has 1 rings (SSSR count). The molecule has 1 aromatic rings. The Morgan fingerprint density at radius 2 is 2.18 bits per heavy atom. The predicted molar refractivity (Wildman–Crippen MR) is 70.3 cm³/mol. The molecule has 0 bridgehead atoms. The summed E-state index contributed by atoms with van der Waals surface area (Å²) in [5.41, 5.74) is 1.05. The van der Waals surface area contributed by atoms with E-state index >= 15 is 0 Å². The Labute approximate surface area is 107 Å². The molecule has 4 heteroatoms. The molecule has 1 unspecified atom stereocenters. The first-order chi connectivity index (χ1) is 8.17. The summed E-state index contributed by atoms with van der Waals surface area (Å²) in [5, 5.41) is 21.9. The van der Waals surface area contributed by atoms with E-state index in [0.29, 0.717) is 10.9 Å². The quantitative estimate of drug-likeness (QED) is 0.704. The molecule has 0 heterocycles. The number of phenols is 1. The number of nitrogens with one attached hydrogen (secondary N) is 1. The fourth-order valence-electron chi connectivity index (χ4n) is 1.71. The lowest BCUT2D eigenvalue weighted by Crippen LogP contribution is -2.22. The second kappa shape index (κ2) is 7.54. The monoisotopic (exact) mass is 257 g/mol. The Kier molecular flexibility index (Phi) is 6.34. The maximum absolute atomic E-state index is 9.29. The van der Waals surface area contributed by atoms with Gasteiger partial charge in [0.15, 0.2) is 0 Å². The van der Waals surface area contributed by atoms with Crippen LogP contribution in [-0.4, -0.2) is 23.4 Å². The molecule has 0 spiro atoms. The molecule has 0 fully saturated rings. The predicted octanol–water partition coefficient (Wildman–Crippen LogP) is 2.54. The number of benzene rings is 1. The first kappa shape index (κ1) is 14.3. The molecule has 0 saturated heterocycles. The van der Waals surface area contributed by atoms with Crippen LogP contribution in [0.25, 0.3) is 0 Å². The Morgan fingerprint density at radius 3 is 2.76 bits per heavy atom. The zero-order chi connectivity index (χ0) is 12.7. The van der Waals surface area contributed by atoms with Gasteiger partial charge in [-0.25, -0.2) is 0 Å². The largest absolute Gasteiger partial charge is 0.506 e. The minimum absolute atomic E-state index is 0.113. The normalized spacial score (nSPS) is 12.6. The summed E-state index contributed by atoms with van der Waals surface area (Å²) in [5.74, 6) is 0.620. The van der Waals surface area contributed by atoms with E-state index in [1.807, 2.05) is 6.07 Å². The highest BCUT2D eigenvalue weighted by Gasteiger charge is 2.05. The van der Waals surface area contributed by atoms with E-state index in [-0.39, 0.29) is 12.4 Å². The Bertz CT molecular complexity index is 344. The number of halogens is 1. The molecule has 1 aromatic carbocycles. The van der Waals surface area contributed by atoms with Gasteiger partial charge in [0.25, 0.3) is 0 Å². The van der Waals surface area contributed by atoms with Gasteiger partial charge in [-0.1, -0.05) is 31.0 Å². The van der Waals surface area contributed by atoms with Crippen LogP contribution >= 0.6 is 11.6 Å². The van der Waals surface area contributed by atoms with Crippen molar-refractivity contribution in [3.8, 4) is 5.75 Å². The van der Waals surface area contributed by atoms with Gasteiger partial charge < -0.3 is 15.5 Å². The van der Waals surface area contributed by atoms with Gasteiger partial charge in [-0.2, -0.15) is 0 Å². The fourth-order valence-corrected chi connectivity index (χ4v) is 1.92. The number of hydrogen-bond acceptors (Lipinski definition) is 3. The minimum Gasteiger partial charge on any atom is -0.506 e. The second-order valence-electron chi connectivity index (χ2n) is 4.20. The van der Waals surface area contributed by atoms with Gasteiger partial charge in [0.05, 0.1) is 5.02 Å². The van der Waals surface area contributed by atoms with Crippen LogP contribution in [0.1, 0.15) is 25.3 Å². The molecule has 0 aliphatic heterocycles. The number of aliphatic hydroxyl groups is 1. The van der Waals surface area contributed by atoms with E-state index in [0.717, 1.165) is 31.5 Å². The van der Waals surface area contributed by atoms with E-state index < -0.39 is 0 Å². The second-order valence-corrected chi connectivity index (χ2v) is 4.61. The lowest BCUT2D eigenvalue weighted by atomic mass is 10.0. The summed E-state index contributed by atoms with van der Waals surface area (Å²) >= 11 is 5.82. The van der Waals surface area contributed by atoms with Crippen LogP contribution in [-0.2, 0) is 6.54 Å². The molecular weight excluding hydrogens is 238 g/mol. The summed E-state index contributed by atoms with van der Waals surface area (Å²) in [7, 11) is 0. The van der Waals surface area contributed by atoms with Gasteiger partial charge >= 0.3 is 0 Å². The van der Waals surface area contributed by atoms with Gasteiger partial charge in [-0.15, -0.1) is 0 Å². The number of aliphatic hydroxyl groups excluding tert-OH is 1. The average Bonchev–Trinajstić information content (AvgIpc) is 2.32. The van der Waals surface area contributed by atoms with Crippen molar-refractivity contribution in [3.63, 3.8) is 0 Å². The van der Waals surface area contributed by atoms with Crippen molar-refractivity contribution in [1.29, 1.82) is 0 Å². The van der Waals surface area contributed by atoms with Crippen molar-refractivity contribution in [2.24, 2.45) is 5.92 Å². The SMILES string of the molecule is CCC(CCO)CNCc1ccc(O)c(Cl)c1. The Balaban J connectivity index is 2.37. The molecule has 0 saturated carbocycles. The highest BCUT2D eigenvalue weighted by Crippen LogP contribution is 2.23. The lowest BCUT2D eigenvalue weighted by molar-refractivity contribution is 0.251. The standard InChI is InChI=1S/C13H20ClNO2/c1-2-10(5-6-16)8-15-9-11-3-4-13(17)12(14)7-11/h3-4,7,10,15-17H,2,5-6,8-9H2,1H3. The van der Waals surface area contributed by atoms with E-state index in [2.05, 4.69) is 12.2 Å². The molecule has 0 amide bonds. The van der Waals surface area contributed by atoms with Crippen molar-refractivity contribution in [2.75, 3.05) is 13.2 Å². The van der Waals surface area contributed by atoms with Crippen LogP contribution in [0.15, 0.2) is 18.2 Å². The van der Waals surface area contributed by atoms with Crippen LogP contribution in [0.4, 0.5) is 0 Å². The first-order valence-corrected chi connectivity index (χ1v) is 6.34. The van der Waals surface area contributed by atoms with Gasteiger partial charge in [0.2, 0.25) is 0 Å². The summed E-state index contributed by atoms with van der Waals surface area (Å²) in [4.78, 5) is 0. The van der Waals surface area contributed by atoms with Crippen molar-refractivity contribution in [3.05, 3.63) is 28.8 Å². The molecule has 0 aliphatic carbocycles. The lowest BCUT2D eigenvalue weighted by Gasteiger charge is -2.14. The van der Waals surface area contributed by atoms with Crippen LogP contribution in [0.5, 0.6) is 5.75 Å². The molecule has 0 aromatic heterocycles. The van der Waals surface area contributed by atoms with Gasteiger partial charge in [0, 0.05) is 13.2 Å². The molecular formula is C13H20ClNO2. The molecule has 3 nitrogen and oxygen atoms in total. The Hall–Kier alpha value is -0.770. The number of rotatable bonds is 7. The van der Waals surface area contributed by atoms with E-state index in [1.165, 1.54) is 0 Å². The van der Waals surface area contributed by atoms with Crippen LogP contribution in [0.2, 0.25) is 5.02 Å². The van der Waals surface area contributed by atoms with Crippen molar-refractivity contribution < 1.29 is 10.2 Å². The molecule has 17 heavy (non-hydrogen) atoms. The third-order valence-corrected chi connectivity index (χ3v) is 3.19. The molecule has 1 atom stereocenters. The number of aromatic hydroxyl groups is 1. The zero-order valence-electron chi connectivity index (χ0n) is 10.1. The summed E-state index contributed by atoms with van der Waals surface area (Å²) in [6, 6.07) is 5.21. The zero-order valence-corrected chi connectivity index (χ0v) is 10.9. The van der Waals surface area contributed by atoms with Crippen molar-refractivity contribution in [1.82, 2.24) is 5.32 Å². The molecule has 0 aliphatic rings. The average molecular weight is 258 g/mol. The highest BCUT2D eigenvalue weighted by atomic mass is 35.5. The van der Waals surface area contributed by atoms with Gasteiger partial charge in [-0.3, -0.25) is 0 Å². The molecule has 0 radical (unpaired) electrons. The third kappa shape index (κ3) is 4.94. The first-order valence-electron chi connectivity index (χ1n) is 5.96. The fraction of sp³-hybridized carbons (Fsp3) is 0.538. The number of phenolic OH excluding ortho intramolecular Hbond substituents is 1. The van der Waals surface area contributed by atoms with Crippen molar-refractivity contribution in [2.45, 2.75) is 26.3 Å². The molecule has 96 valence electrons. The minimum atomic E-state index is 0.113. The van der Waals surface area contributed by atoms with Crippen LogP contribution in [0, 0.1) is 5.92 Å². The topological polar surface area (TPSA) is 52.5 Å². The van der Waals surface area contributed by atoms with E-state index in [1.54, 1.807) is 12.1 Å². The van der Waals surface area contributed by atoms with E-state index in [9.17, 15) is 5.11 Å². The highest BCUT2D eigenvalue weighted by molar-refractivity contribution is 6.32. The van der Waals surface area contributed by atoms with E-state index in [4.69, 9.17) is 16.7 Å². The maximum Gasteiger partial charge on any atom is 0.134 e. The number of hydrogen-bond donors (Lipinski definition) is 3. The van der Waals surface area contributed by atoms with Crippen LogP contribution < -0.4 is 5.32 Å². The maximum atomic E-state index is 9.29. The van der Waals surface area contributed by atoms with Crippen LogP contribution in [0.3, 0.4) is 0 Å². The molecule has 3 N–H and O–H groups in total. The third-order valence-electron chi connectivity index (χ3n) is 2.89. The van der Waals surface area contributed by atoms with Gasteiger partial charge in [0.1, 0.15) is 5.75 Å². The smallest absolute Gasteiger partial charge is 0.134 e.